The first-order chi connectivity index (χ1) is 10.0. The van der Waals surface area contributed by atoms with Crippen LogP contribution < -0.4 is 4.74 Å². The van der Waals surface area contributed by atoms with Gasteiger partial charge in [0.1, 0.15) is 5.75 Å². The van der Waals surface area contributed by atoms with Crippen molar-refractivity contribution in [3.63, 3.8) is 0 Å². The Morgan fingerprint density at radius 1 is 0.857 bits per heavy atom. The van der Waals surface area contributed by atoms with Crippen LogP contribution in [0.4, 0.5) is 13.2 Å². The molecule has 0 aliphatic carbocycles. The average molecular weight is 296 g/mol. The molecule has 0 saturated carbocycles. The lowest BCUT2D eigenvalue weighted by atomic mass is 10.0. The summed E-state index contributed by atoms with van der Waals surface area (Å²) in [6, 6.07) is 12.2. The van der Waals surface area contributed by atoms with E-state index in [9.17, 15) is 13.2 Å². The molecule has 0 fully saturated rings. The molecule has 2 aromatic carbocycles. The molecular formula is C16H15F3O2. The smallest absolute Gasteiger partial charge is 0.416 e. The van der Waals surface area contributed by atoms with Crippen LogP contribution >= 0.6 is 0 Å². The quantitative estimate of drug-likeness (QED) is 0.586. The summed E-state index contributed by atoms with van der Waals surface area (Å²) >= 11 is 0. The minimum absolute atomic E-state index is 0.177. The van der Waals surface area contributed by atoms with Crippen molar-refractivity contribution in [3.05, 3.63) is 54.1 Å². The van der Waals surface area contributed by atoms with Gasteiger partial charge in [0.05, 0.1) is 5.56 Å². The van der Waals surface area contributed by atoms with Crippen molar-refractivity contribution >= 4 is 0 Å². The van der Waals surface area contributed by atoms with Crippen LogP contribution in [-0.2, 0) is 10.9 Å². The Morgan fingerprint density at radius 2 is 1.38 bits per heavy atom. The Labute approximate surface area is 121 Å². The highest BCUT2D eigenvalue weighted by molar-refractivity contribution is 5.64. The standard InChI is InChI=1S/C16H15F3O2/c1-2-20-11-21-15-9-5-13(6-10-15)12-3-7-14(8-4-12)16(17,18)19/h3-10H,2,11H2,1H3. The first kappa shape index (κ1) is 15.4. The van der Waals surface area contributed by atoms with Crippen molar-refractivity contribution in [3.8, 4) is 16.9 Å². The van der Waals surface area contributed by atoms with E-state index in [0.717, 1.165) is 23.3 Å². The van der Waals surface area contributed by atoms with Crippen molar-refractivity contribution in [1.82, 2.24) is 0 Å². The van der Waals surface area contributed by atoms with Gasteiger partial charge in [0.15, 0.2) is 6.79 Å². The third-order valence-corrected chi connectivity index (χ3v) is 2.91. The average Bonchev–Trinajstić information content (AvgIpc) is 2.48. The Balaban J connectivity index is 2.08. The van der Waals surface area contributed by atoms with E-state index in [1.807, 2.05) is 6.92 Å². The SMILES string of the molecule is CCOCOc1ccc(-c2ccc(C(F)(F)F)cc2)cc1. The van der Waals surface area contributed by atoms with Gasteiger partial charge in [-0.1, -0.05) is 24.3 Å². The van der Waals surface area contributed by atoms with E-state index >= 15 is 0 Å². The highest BCUT2D eigenvalue weighted by Gasteiger charge is 2.29. The molecule has 2 nitrogen and oxygen atoms in total. The van der Waals surface area contributed by atoms with Crippen molar-refractivity contribution in [2.75, 3.05) is 13.4 Å². The van der Waals surface area contributed by atoms with Gasteiger partial charge >= 0.3 is 6.18 Å². The van der Waals surface area contributed by atoms with Crippen molar-refractivity contribution in [2.24, 2.45) is 0 Å². The van der Waals surface area contributed by atoms with Gasteiger partial charge in [-0.2, -0.15) is 13.2 Å². The van der Waals surface area contributed by atoms with Gasteiger partial charge < -0.3 is 9.47 Å². The maximum Gasteiger partial charge on any atom is 0.416 e. The Kier molecular flexibility index (Phi) is 4.85. The molecule has 0 aliphatic rings. The summed E-state index contributed by atoms with van der Waals surface area (Å²) < 4.78 is 47.9. The van der Waals surface area contributed by atoms with E-state index in [1.165, 1.54) is 12.1 Å². The second-order valence-electron chi connectivity index (χ2n) is 4.35. The molecule has 0 amide bonds. The summed E-state index contributed by atoms with van der Waals surface area (Å²) in [5.74, 6) is 0.652. The Hall–Kier alpha value is -2.01. The van der Waals surface area contributed by atoms with E-state index in [-0.39, 0.29) is 6.79 Å². The topological polar surface area (TPSA) is 18.5 Å². The first-order valence-electron chi connectivity index (χ1n) is 6.49. The second-order valence-corrected chi connectivity index (χ2v) is 4.35. The van der Waals surface area contributed by atoms with E-state index in [4.69, 9.17) is 9.47 Å². The summed E-state index contributed by atoms with van der Waals surface area (Å²) in [6.07, 6.45) is -4.31. The van der Waals surface area contributed by atoms with Gasteiger partial charge in [0, 0.05) is 6.61 Å². The molecule has 0 aliphatic heterocycles. The lowest BCUT2D eigenvalue weighted by molar-refractivity contribution is -0.137. The fourth-order valence-corrected chi connectivity index (χ4v) is 1.79. The predicted octanol–water partition coefficient (Wildman–Crippen LogP) is 4.75. The lowest BCUT2D eigenvalue weighted by Gasteiger charge is -2.09. The summed E-state index contributed by atoms with van der Waals surface area (Å²) in [6.45, 7) is 2.62. The van der Waals surface area contributed by atoms with Crippen LogP contribution in [0.5, 0.6) is 5.75 Å². The molecule has 112 valence electrons. The molecule has 0 bridgehead atoms. The molecule has 0 aromatic heterocycles. The summed E-state index contributed by atoms with van der Waals surface area (Å²) in [5.41, 5.74) is 0.898. The molecule has 0 unspecified atom stereocenters. The predicted molar refractivity (Wildman–Crippen MR) is 74.0 cm³/mol. The van der Waals surface area contributed by atoms with Crippen molar-refractivity contribution < 1.29 is 22.6 Å². The normalized spacial score (nSPS) is 11.4. The molecule has 21 heavy (non-hydrogen) atoms. The molecule has 0 heterocycles. The molecule has 5 heteroatoms. The largest absolute Gasteiger partial charge is 0.468 e. The van der Waals surface area contributed by atoms with Crippen LogP contribution in [0.15, 0.2) is 48.5 Å². The third-order valence-electron chi connectivity index (χ3n) is 2.91. The third kappa shape index (κ3) is 4.23. The van der Waals surface area contributed by atoms with Crippen LogP contribution in [0, 0.1) is 0 Å². The number of alkyl halides is 3. The molecule has 0 radical (unpaired) electrons. The number of benzene rings is 2. The summed E-state index contributed by atoms with van der Waals surface area (Å²) in [4.78, 5) is 0. The van der Waals surface area contributed by atoms with Crippen LogP contribution in [0.2, 0.25) is 0 Å². The van der Waals surface area contributed by atoms with E-state index in [1.54, 1.807) is 24.3 Å². The minimum Gasteiger partial charge on any atom is -0.468 e. The van der Waals surface area contributed by atoms with Crippen molar-refractivity contribution in [2.45, 2.75) is 13.1 Å². The number of hydrogen-bond donors (Lipinski definition) is 0. The molecule has 0 N–H and O–H groups in total. The van der Waals surface area contributed by atoms with E-state index < -0.39 is 11.7 Å². The monoisotopic (exact) mass is 296 g/mol. The zero-order valence-electron chi connectivity index (χ0n) is 11.5. The highest BCUT2D eigenvalue weighted by atomic mass is 19.4. The van der Waals surface area contributed by atoms with Gasteiger partial charge in [-0.05, 0) is 42.3 Å². The number of ether oxygens (including phenoxy) is 2. The van der Waals surface area contributed by atoms with Crippen molar-refractivity contribution in [1.29, 1.82) is 0 Å². The van der Waals surface area contributed by atoms with Gasteiger partial charge in [-0.25, -0.2) is 0 Å². The zero-order chi connectivity index (χ0) is 15.3. The molecule has 2 aromatic rings. The summed E-state index contributed by atoms with van der Waals surface area (Å²) in [5, 5.41) is 0. The van der Waals surface area contributed by atoms with Crippen LogP contribution in [0.3, 0.4) is 0 Å². The number of rotatable bonds is 5. The number of hydrogen-bond acceptors (Lipinski definition) is 2. The maximum absolute atomic E-state index is 12.5. The first-order valence-corrected chi connectivity index (χ1v) is 6.49. The van der Waals surface area contributed by atoms with Gasteiger partial charge in [0.2, 0.25) is 0 Å². The second kappa shape index (κ2) is 6.63. The molecular weight excluding hydrogens is 281 g/mol. The van der Waals surface area contributed by atoms with Gasteiger partial charge in [0.25, 0.3) is 0 Å². The molecule has 0 saturated heterocycles. The van der Waals surface area contributed by atoms with Gasteiger partial charge in [-0.15, -0.1) is 0 Å². The maximum atomic E-state index is 12.5. The van der Waals surface area contributed by atoms with E-state index in [0.29, 0.717) is 12.4 Å². The van der Waals surface area contributed by atoms with Crippen LogP contribution in [0.1, 0.15) is 12.5 Å². The molecule has 2 rings (SSSR count). The highest BCUT2D eigenvalue weighted by Crippen LogP contribution is 2.31. The van der Waals surface area contributed by atoms with E-state index in [2.05, 4.69) is 0 Å². The minimum atomic E-state index is -4.31. The Morgan fingerprint density at radius 3 is 1.86 bits per heavy atom. The van der Waals surface area contributed by atoms with Gasteiger partial charge in [-0.3, -0.25) is 0 Å². The molecule has 0 spiro atoms. The fourth-order valence-electron chi connectivity index (χ4n) is 1.79. The zero-order valence-corrected chi connectivity index (χ0v) is 11.5. The Bertz CT molecular complexity index is 560. The number of halogens is 3. The molecule has 0 atom stereocenters. The fraction of sp³-hybridized carbons (Fsp3) is 0.250. The lowest BCUT2D eigenvalue weighted by Crippen LogP contribution is -2.04. The van der Waals surface area contributed by atoms with Crippen LogP contribution in [-0.4, -0.2) is 13.4 Å². The summed E-state index contributed by atoms with van der Waals surface area (Å²) in [7, 11) is 0. The van der Waals surface area contributed by atoms with Crippen LogP contribution in [0.25, 0.3) is 11.1 Å².